The Hall–Kier alpha value is -4.17. The quantitative estimate of drug-likeness (QED) is 0.160. The van der Waals surface area contributed by atoms with Gasteiger partial charge in [-0.15, -0.1) is 0 Å². The van der Waals surface area contributed by atoms with Crippen molar-refractivity contribution in [3.63, 3.8) is 0 Å². The fourth-order valence-electron chi connectivity index (χ4n) is 4.81. The number of fused-ring (bicyclic) bond motifs is 2. The second-order valence-corrected chi connectivity index (χ2v) is 18.9. The van der Waals surface area contributed by atoms with Crippen LogP contribution >= 0.6 is 0 Å². The van der Waals surface area contributed by atoms with E-state index in [0.717, 1.165) is 43.1 Å². The molecule has 3 N–H and O–H groups in total. The molecule has 2 amide bonds. The first-order valence-electron chi connectivity index (χ1n) is 15.3. The van der Waals surface area contributed by atoms with Crippen LogP contribution in [0.2, 0.25) is 25.7 Å². The highest BCUT2D eigenvalue weighted by Crippen LogP contribution is 2.40. The van der Waals surface area contributed by atoms with E-state index >= 15 is 0 Å². The average molecular weight is 635 g/mol. The highest BCUT2D eigenvalue weighted by atomic mass is 28.3. The number of carboxylic acid groups (broad SMARTS) is 1. The van der Waals surface area contributed by atoms with Gasteiger partial charge in [-0.05, 0) is 38.7 Å². The van der Waals surface area contributed by atoms with Gasteiger partial charge in [-0.1, -0.05) is 19.6 Å². The maximum absolute atomic E-state index is 12.4. The topological polar surface area (TPSA) is 168 Å². The minimum Gasteiger partial charge on any atom is -0.478 e. The van der Waals surface area contributed by atoms with E-state index in [4.69, 9.17) is 4.74 Å². The number of carboxylic acids is 1. The van der Waals surface area contributed by atoms with Gasteiger partial charge in [0, 0.05) is 53.0 Å². The van der Waals surface area contributed by atoms with E-state index in [2.05, 4.69) is 49.9 Å². The summed E-state index contributed by atoms with van der Waals surface area (Å²) in [5.41, 5.74) is 4.64. The number of H-pyrrole nitrogens is 1. The van der Waals surface area contributed by atoms with Crippen LogP contribution in [-0.2, 0) is 16.3 Å². The monoisotopic (exact) mass is 634 g/mol. The molecule has 0 bridgehead atoms. The van der Waals surface area contributed by atoms with E-state index in [1.54, 1.807) is 50.4 Å². The highest BCUT2D eigenvalue weighted by Gasteiger charge is 2.28. The van der Waals surface area contributed by atoms with E-state index in [0.29, 0.717) is 53.1 Å². The molecule has 2 fully saturated rings. The molecule has 2 aliphatic carbocycles. The first kappa shape index (κ1) is 32.2. The number of amides is 2. The second kappa shape index (κ2) is 13.1. The zero-order valence-electron chi connectivity index (χ0n) is 26.8. The highest BCUT2D eigenvalue weighted by molar-refractivity contribution is 6.76. The molecule has 6 rings (SSSR count). The van der Waals surface area contributed by atoms with Gasteiger partial charge < -0.3 is 29.6 Å². The minimum atomic E-state index is -1.13. The fraction of sp³-hybridized carbons (Fsp3) is 0.516. The maximum Gasteiger partial charge on any atom is 0.339 e. The Morgan fingerprint density at radius 3 is 2.24 bits per heavy atom. The number of aromatic nitrogens is 6. The Labute approximate surface area is 262 Å². The molecular formula is C31H42N8O5Si. The Morgan fingerprint density at radius 1 is 1.04 bits per heavy atom. The predicted molar refractivity (Wildman–Crippen MR) is 172 cm³/mol. The number of carbonyl (C=O) groups is 3. The van der Waals surface area contributed by atoms with Crippen LogP contribution in [0.4, 0.5) is 0 Å². The summed E-state index contributed by atoms with van der Waals surface area (Å²) in [6.07, 6.45) is 11.2. The molecule has 13 nitrogen and oxygen atoms in total. The molecule has 2 aliphatic rings. The number of rotatable bonds is 11. The van der Waals surface area contributed by atoms with Crippen LogP contribution in [0.1, 0.15) is 76.5 Å². The van der Waals surface area contributed by atoms with Gasteiger partial charge in [0.1, 0.15) is 29.4 Å². The lowest BCUT2D eigenvalue weighted by Crippen LogP contribution is -2.44. The Morgan fingerprint density at radius 2 is 1.67 bits per heavy atom. The van der Waals surface area contributed by atoms with Gasteiger partial charge in [-0.25, -0.2) is 24.7 Å². The smallest absolute Gasteiger partial charge is 0.339 e. The second-order valence-electron chi connectivity index (χ2n) is 13.3. The van der Waals surface area contributed by atoms with Crippen LogP contribution in [0.3, 0.4) is 0 Å². The van der Waals surface area contributed by atoms with Crippen molar-refractivity contribution in [2.75, 3.05) is 20.7 Å². The lowest BCUT2D eigenvalue weighted by molar-refractivity contribution is -0.130. The van der Waals surface area contributed by atoms with E-state index in [1.807, 2.05) is 0 Å². The number of aromatic amines is 1. The van der Waals surface area contributed by atoms with Crippen LogP contribution < -0.4 is 5.32 Å². The Bertz CT molecular complexity index is 1720. The molecule has 0 radical (unpaired) electrons. The van der Waals surface area contributed by atoms with Crippen LogP contribution in [0.5, 0.6) is 0 Å². The van der Waals surface area contributed by atoms with Crippen molar-refractivity contribution in [2.45, 2.75) is 82.9 Å². The number of ether oxygens (including phenoxy) is 1. The normalized spacial score (nSPS) is 15.4. The van der Waals surface area contributed by atoms with Crippen molar-refractivity contribution < 1.29 is 24.2 Å². The molecule has 4 aromatic heterocycles. The molecule has 2 saturated carbocycles. The molecule has 45 heavy (non-hydrogen) atoms. The Kier molecular flexibility index (Phi) is 9.35. The molecule has 0 spiro atoms. The third-order valence-corrected chi connectivity index (χ3v) is 9.54. The summed E-state index contributed by atoms with van der Waals surface area (Å²) in [4.78, 5) is 57.9. The summed E-state index contributed by atoms with van der Waals surface area (Å²) in [6, 6.07) is 0.488. The van der Waals surface area contributed by atoms with Gasteiger partial charge in [0.15, 0.2) is 11.3 Å². The summed E-state index contributed by atoms with van der Waals surface area (Å²) in [5, 5.41) is 12.1. The van der Waals surface area contributed by atoms with Crippen molar-refractivity contribution in [3.8, 4) is 0 Å². The summed E-state index contributed by atoms with van der Waals surface area (Å²) < 4.78 is 7.47. The lowest BCUT2D eigenvalue weighted by Gasteiger charge is -2.17. The minimum absolute atomic E-state index is 0.155. The van der Waals surface area contributed by atoms with Gasteiger partial charge in [-0.2, -0.15) is 0 Å². The van der Waals surface area contributed by atoms with Gasteiger partial charge in [-0.3, -0.25) is 9.59 Å². The molecule has 4 heterocycles. The maximum atomic E-state index is 12.4. The molecule has 0 aromatic carbocycles. The van der Waals surface area contributed by atoms with Gasteiger partial charge in [0.25, 0.3) is 5.91 Å². The molecule has 0 aliphatic heterocycles. The van der Waals surface area contributed by atoms with Gasteiger partial charge in [0.2, 0.25) is 5.91 Å². The van der Waals surface area contributed by atoms with E-state index < -0.39 is 20.1 Å². The van der Waals surface area contributed by atoms with E-state index in [1.165, 1.54) is 4.90 Å². The van der Waals surface area contributed by atoms with Crippen molar-refractivity contribution >= 4 is 48.2 Å². The van der Waals surface area contributed by atoms with Crippen LogP contribution in [0, 0.1) is 0 Å². The van der Waals surface area contributed by atoms with Crippen LogP contribution in [0.15, 0.2) is 24.8 Å². The van der Waals surface area contributed by atoms with Gasteiger partial charge in [0.05, 0.1) is 29.3 Å². The standard InChI is InChI=1S/C16H23N3O3Si.C15H19N5O2/c1-23(2,3)7-6-22-10-19-9-12(16(20)21)14-15(19)17-8-13(18-14)11-4-5-11;1-8(15(22)20(2)3)18-14(21)10-6-16-13-12(10)19-11(7-17-13)9-4-5-9/h8-9,11H,4-7,10H2,1-3H3,(H,20,21);6-9H,4-5H2,1-3H3,(H,16,17)(H,18,21)/t;8-/m.1/s1. The summed E-state index contributed by atoms with van der Waals surface area (Å²) >= 11 is 0. The van der Waals surface area contributed by atoms with Gasteiger partial charge >= 0.3 is 5.97 Å². The van der Waals surface area contributed by atoms with Crippen molar-refractivity contribution in [3.05, 3.63) is 47.3 Å². The number of hydrogen-bond donors (Lipinski definition) is 3. The van der Waals surface area contributed by atoms with E-state index in [9.17, 15) is 19.5 Å². The third kappa shape index (κ3) is 7.92. The lowest BCUT2D eigenvalue weighted by atomic mass is 10.2. The summed E-state index contributed by atoms with van der Waals surface area (Å²) in [7, 11) is 2.18. The number of nitrogens with one attached hydrogen (secondary N) is 2. The molecule has 4 aromatic rings. The molecule has 240 valence electrons. The zero-order valence-corrected chi connectivity index (χ0v) is 27.8. The molecule has 1 atom stereocenters. The number of likely N-dealkylation sites (N-methyl/N-ethyl adjacent to an activating group) is 1. The Balaban J connectivity index is 0.000000178. The SMILES string of the molecule is C[C@@H](NC(=O)c1c[nH]c2ncc(C3CC3)nc12)C(=O)N(C)C.C[Si](C)(C)CCOCn1cc(C(=O)O)c2nc(C3CC3)cnc21. The molecule has 0 saturated heterocycles. The van der Waals surface area contributed by atoms with Crippen LogP contribution in [-0.4, -0.2) is 92.1 Å². The predicted octanol–water partition coefficient (Wildman–Crippen LogP) is 4.36. The molecular weight excluding hydrogens is 592 g/mol. The average Bonchev–Trinajstić information content (AvgIpc) is 3.93. The van der Waals surface area contributed by atoms with Crippen molar-refractivity contribution in [1.29, 1.82) is 0 Å². The summed E-state index contributed by atoms with van der Waals surface area (Å²) in [6.45, 7) is 9.56. The first-order valence-corrected chi connectivity index (χ1v) is 19.1. The number of aromatic carboxylic acids is 1. The number of nitrogens with zero attached hydrogens (tertiary/aromatic N) is 6. The van der Waals surface area contributed by atoms with Crippen molar-refractivity contribution in [1.82, 2.24) is 39.7 Å². The van der Waals surface area contributed by atoms with Crippen LogP contribution in [0.25, 0.3) is 22.3 Å². The zero-order chi connectivity index (χ0) is 32.5. The first-order chi connectivity index (χ1) is 21.3. The number of hydrogen-bond acceptors (Lipinski definition) is 8. The largest absolute Gasteiger partial charge is 0.478 e. The molecule has 0 unspecified atom stereocenters. The van der Waals surface area contributed by atoms with E-state index in [-0.39, 0.29) is 17.4 Å². The van der Waals surface area contributed by atoms with Crippen molar-refractivity contribution in [2.24, 2.45) is 0 Å². The number of carbonyl (C=O) groups excluding carboxylic acids is 2. The fourth-order valence-corrected chi connectivity index (χ4v) is 5.57. The third-order valence-electron chi connectivity index (χ3n) is 7.84. The summed E-state index contributed by atoms with van der Waals surface area (Å²) in [5.74, 6) is -0.533. The molecule has 14 heteroatoms.